The molecule has 0 spiro atoms. The van der Waals surface area contributed by atoms with E-state index in [2.05, 4.69) is 6.92 Å². The molecule has 5 atom stereocenters. The van der Waals surface area contributed by atoms with Crippen molar-refractivity contribution in [1.29, 1.82) is 0 Å². The molecule has 2 fully saturated rings. The summed E-state index contributed by atoms with van der Waals surface area (Å²) in [5.74, 6) is 0.424. The second-order valence-corrected chi connectivity index (χ2v) is 6.02. The summed E-state index contributed by atoms with van der Waals surface area (Å²) < 4.78 is 0. The third-order valence-corrected chi connectivity index (χ3v) is 5.33. The van der Waals surface area contributed by atoms with Crippen LogP contribution in [0.15, 0.2) is 11.6 Å². The molecule has 2 saturated carbocycles. The maximum Gasteiger partial charge on any atom is 0.102 e. The van der Waals surface area contributed by atoms with Gasteiger partial charge in [0.15, 0.2) is 0 Å². The monoisotopic (exact) mass is 224 g/mol. The number of fused-ring (bicyclic) bond motifs is 3. The number of aliphatic hydroxyl groups is 3. The molecule has 1 unspecified atom stereocenters. The Morgan fingerprint density at radius 2 is 2.06 bits per heavy atom. The molecule has 3 rings (SSSR count). The molecule has 3 N–H and O–H groups in total. The SMILES string of the molecule is C[C@]12CC[C@H](O)C[C@]1(O)[C@H](O)C=C1CCC12. The van der Waals surface area contributed by atoms with Gasteiger partial charge >= 0.3 is 0 Å². The summed E-state index contributed by atoms with van der Waals surface area (Å²) in [6.45, 7) is 2.08. The maximum absolute atomic E-state index is 10.8. The van der Waals surface area contributed by atoms with Gasteiger partial charge in [0.1, 0.15) is 11.7 Å². The molecule has 0 radical (unpaired) electrons. The van der Waals surface area contributed by atoms with E-state index in [0.717, 1.165) is 25.7 Å². The van der Waals surface area contributed by atoms with E-state index >= 15 is 0 Å². The molecule has 3 nitrogen and oxygen atoms in total. The number of hydrogen-bond donors (Lipinski definition) is 3. The summed E-state index contributed by atoms with van der Waals surface area (Å²) in [5, 5.41) is 30.6. The van der Waals surface area contributed by atoms with Gasteiger partial charge in [-0.25, -0.2) is 0 Å². The van der Waals surface area contributed by atoms with Crippen molar-refractivity contribution in [3.63, 3.8) is 0 Å². The molecule has 16 heavy (non-hydrogen) atoms. The number of aliphatic hydroxyl groups excluding tert-OH is 2. The van der Waals surface area contributed by atoms with Crippen LogP contribution in [-0.2, 0) is 0 Å². The highest BCUT2D eigenvalue weighted by molar-refractivity contribution is 5.31. The Labute approximate surface area is 95.8 Å². The van der Waals surface area contributed by atoms with Crippen LogP contribution in [0.25, 0.3) is 0 Å². The van der Waals surface area contributed by atoms with Crippen molar-refractivity contribution in [2.24, 2.45) is 11.3 Å². The number of allylic oxidation sites excluding steroid dienone is 1. The Morgan fingerprint density at radius 1 is 1.31 bits per heavy atom. The van der Waals surface area contributed by atoms with Gasteiger partial charge in [0.25, 0.3) is 0 Å². The summed E-state index contributed by atoms with van der Waals surface area (Å²) in [6, 6.07) is 0. The van der Waals surface area contributed by atoms with Gasteiger partial charge < -0.3 is 15.3 Å². The lowest BCUT2D eigenvalue weighted by atomic mass is 9.47. The van der Waals surface area contributed by atoms with Crippen LogP contribution in [0.2, 0.25) is 0 Å². The van der Waals surface area contributed by atoms with Crippen LogP contribution in [0.3, 0.4) is 0 Å². The summed E-state index contributed by atoms with van der Waals surface area (Å²) in [5.41, 5.74) is -0.0520. The molecule has 0 aromatic heterocycles. The maximum atomic E-state index is 10.8. The molecule has 3 heteroatoms. The molecule has 90 valence electrons. The van der Waals surface area contributed by atoms with Gasteiger partial charge in [0, 0.05) is 11.8 Å². The highest BCUT2D eigenvalue weighted by atomic mass is 16.3. The first-order chi connectivity index (χ1) is 7.47. The van der Waals surface area contributed by atoms with Crippen molar-refractivity contribution in [2.45, 2.75) is 56.8 Å². The molecule has 3 aliphatic carbocycles. The predicted octanol–water partition coefficient (Wildman–Crippen LogP) is 0.980. The molecule has 0 heterocycles. The van der Waals surface area contributed by atoms with Crippen molar-refractivity contribution in [3.05, 3.63) is 11.6 Å². The zero-order valence-electron chi connectivity index (χ0n) is 9.69. The Bertz CT molecular complexity index is 351. The van der Waals surface area contributed by atoms with E-state index in [9.17, 15) is 15.3 Å². The van der Waals surface area contributed by atoms with E-state index < -0.39 is 17.8 Å². The van der Waals surface area contributed by atoms with E-state index in [-0.39, 0.29) is 5.41 Å². The highest BCUT2D eigenvalue weighted by Gasteiger charge is 2.62. The van der Waals surface area contributed by atoms with Crippen LogP contribution >= 0.6 is 0 Å². The van der Waals surface area contributed by atoms with E-state index in [1.54, 1.807) is 0 Å². The van der Waals surface area contributed by atoms with Crippen LogP contribution in [-0.4, -0.2) is 33.1 Å². The Morgan fingerprint density at radius 3 is 2.69 bits per heavy atom. The minimum absolute atomic E-state index is 0.242. The molecule has 0 aromatic rings. The number of rotatable bonds is 0. The summed E-state index contributed by atoms with van der Waals surface area (Å²) in [6.07, 6.45) is 4.60. The average molecular weight is 224 g/mol. The topological polar surface area (TPSA) is 60.7 Å². The number of hydrogen-bond acceptors (Lipinski definition) is 3. The van der Waals surface area contributed by atoms with E-state index in [1.807, 2.05) is 6.08 Å². The van der Waals surface area contributed by atoms with Gasteiger partial charge in [-0.3, -0.25) is 0 Å². The van der Waals surface area contributed by atoms with Crippen LogP contribution < -0.4 is 0 Å². The van der Waals surface area contributed by atoms with E-state index in [0.29, 0.717) is 12.3 Å². The molecule has 3 aliphatic rings. The predicted molar refractivity (Wildman–Crippen MR) is 59.7 cm³/mol. The summed E-state index contributed by atoms with van der Waals surface area (Å²) in [7, 11) is 0. The average Bonchev–Trinajstić information content (AvgIpc) is 2.17. The van der Waals surface area contributed by atoms with Gasteiger partial charge in [0.05, 0.1) is 6.10 Å². The molecule has 0 aromatic carbocycles. The largest absolute Gasteiger partial charge is 0.393 e. The van der Waals surface area contributed by atoms with Crippen molar-refractivity contribution in [3.8, 4) is 0 Å². The van der Waals surface area contributed by atoms with Crippen molar-refractivity contribution < 1.29 is 15.3 Å². The quantitative estimate of drug-likeness (QED) is 0.537. The smallest absolute Gasteiger partial charge is 0.102 e. The Balaban J connectivity index is 2.05. The zero-order valence-corrected chi connectivity index (χ0v) is 9.69. The molecule has 0 bridgehead atoms. The lowest BCUT2D eigenvalue weighted by Crippen LogP contribution is -2.65. The van der Waals surface area contributed by atoms with E-state index in [1.165, 1.54) is 5.57 Å². The molecule has 0 saturated heterocycles. The molecular weight excluding hydrogens is 204 g/mol. The lowest BCUT2D eigenvalue weighted by molar-refractivity contribution is -0.210. The lowest BCUT2D eigenvalue weighted by Gasteiger charge is -2.61. The Kier molecular flexibility index (Phi) is 2.08. The van der Waals surface area contributed by atoms with Crippen LogP contribution in [0.1, 0.15) is 39.0 Å². The fourth-order valence-electron chi connectivity index (χ4n) is 4.04. The second kappa shape index (κ2) is 3.09. The second-order valence-electron chi connectivity index (χ2n) is 6.02. The molecule has 0 aliphatic heterocycles. The first-order valence-corrected chi connectivity index (χ1v) is 6.26. The highest BCUT2D eigenvalue weighted by Crippen LogP contribution is 2.61. The van der Waals surface area contributed by atoms with Gasteiger partial charge in [0.2, 0.25) is 0 Å². The summed E-state index contributed by atoms with van der Waals surface area (Å²) in [4.78, 5) is 0. The third-order valence-electron chi connectivity index (χ3n) is 5.33. The van der Waals surface area contributed by atoms with Gasteiger partial charge in [-0.2, -0.15) is 0 Å². The minimum Gasteiger partial charge on any atom is -0.393 e. The fraction of sp³-hybridized carbons (Fsp3) is 0.846. The van der Waals surface area contributed by atoms with Crippen LogP contribution in [0, 0.1) is 11.3 Å². The van der Waals surface area contributed by atoms with Gasteiger partial charge in [-0.15, -0.1) is 0 Å². The van der Waals surface area contributed by atoms with Crippen molar-refractivity contribution >= 4 is 0 Å². The van der Waals surface area contributed by atoms with E-state index in [4.69, 9.17) is 0 Å². The zero-order chi connectivity index (χ0) is 11.6. The normalized spacial score (nSPS) is 55.8. The fourth-order valence-corrected chi connectivity index (χ4v) is 4.04. The van der Waals surface area contributed by atoms with Crippen LogP contribution in [0.4, 0.5) is 0 Å². The Hall–Kier alpha value is -0.380. The van der Waals surface area contributed by atoms with Crippen molar-refractivity contribution in [2.75, 3.05) is 0 Å². The first kappa shape index (κ1) is 10.8. The molecule has 0 amide bonds. The standard InChI is InChI=1S/C13H20O3/c1-12-5-4-9(14)7-13(12,16)11(15)6-8-2-3-10(8)12/h6,9-11,14-16H,2-5,7H2,1H3/t9-,10?,11+,12+,13-/m0/s1. The van der Waals surface area contributed by atoms with Crippen LogP contribution in [0.5, 0.6) is 0 Å². The van der Waals surface area contributed by atoms with Gasteiger partial charge in [-0.1, -0.05) is 18.6 Å². The van der Waals surface area contributed by atoms with Gasteiger partial charge in [-0.05, 0) is 31.6 Å². The molecular formula is C13H20O3. The minimum atomic E-state index is -1.13. The summed E-state index contributed by atoms with van der Waals surface area (Å²) >= 11 is 0. The first-order valence-electron chi connectivity index (χ1n) is 6.26. The van der Waals surface area contributed by atoms with Crippen molar-refractivity contribution in [1.82, 2.24) is 0 Å². The third kappa shape index (κ3) is 1.09.